The third-order valence-electron chi connectivity index (χ3n) is 3.07. The quantitative estimate of drug-likeness (QED) is 0.649. The van der Waals surface area contributed by atoms with Crippen molar-refractivity contribution >= 4 is 16.7 Å². The van der Waals surface area contributed by atoms with Crippen LogP contribution in [0.3, 0.4) is 0 Å². The number of hydrogen-bond acceptors (Lipinski definition) is 5. The molecular weight excluding hydrogens is 242 g/mol. The predicted molar refractivity (Wildman–Crippen MR) is 72.2 cm³/mol. The Balaban J connectivity index is 2.30. The third-order valence-corrected chi connectivity index (χ3v) is 3.07. The minimum absolute atomic E-state index is 0.379. The minimum Gasteiger partial charge on any atom is -0.356 e. The van der Waals surface area contributed by atoms with E-state index in [1.807, 2.05) is 26.0 Å². The molecule has 5 nitrogen and oxygen atoms in total. The highest BCUT2D eigenvalue weighted by Crippen LogP contribution is 2.35. The van der Waals surface area contributed by atoms with Gasteiger partial charge in [0.2, 0.25) is 0 Å². The molecule has 0 aliphatic heterocycles. The van der Waals surface area contributed by atoms with Gasteiger partial charge >= 0.3 is 0 Å². The van der Waals surface area contributed by atoms with Gasteiger partial charge in [-0.25, -0.2) is 0 Å². The molecule has 0 fully saturated rings. The molecule has 0 N–H and O–H groups in total. The lowest BCUT2D eigenvalue weighted by Crippen LogP contribution is -1.84. The van der Waals surface area contributed by atoms with Crippen LogP contribution in [-0.2, 0) is 0 Å². The van der Waals surface area contributed by atoms with Gasteiger partial charge in [0.1, 0.15) is 5.69 Å². The van der Waals surface area contributed by atoms with Crippen molar-refractivity contribution in [1.82, 2.24) is 10.1 Å². The summed E-state index contributed by atoms with van der Waals surface area (Å²) in [5, 5.41) is 7.81. The number of aryl methyl sites for hydroxylation is 2. The second-order valence-corrected chi connectivity index (χ2v) is 4.41. The second-order valence-electron chi connectivity index (χ2n) is 4.41. The highest BCUT2D eigenvalue weighted by molar-refractivity contribution is 5.91. The molecule has 2 heterocycles. The average Bonchev–Trinajstić information content (AvgIpc) is 2.78. The van der Waals surface area contributed by atoms with Crippen LogP contribution in [0.5, 0.6) is 0 Å². The van der Waals surface area contributed by atoms with Gasteiger partial charge < -0.3 is 4.52 Å². The van der Waals surface area contributed by atoms with Gasteiger partial charge in [-0.2, -0.15) is 0 Å². The van der Waals surface area contributed by atoms with Crippen LogP contribution in [0.15, 0.2) is 40.2 Å². The first-order valence-electron chi connectivity index (χ1n) is 5.85. The molecule has 2 aromatic heterocycles. The Morgan fingerprint density at radius 1 is 1.21 bits per heavy atom. The van der Waals surface area contributed by atoms with E-state index in [0.717, 1.165) is 27.9 Å². The van der Waals surface area contributed by atoms with E-state index < -0.39 is 0 Å². The summed E-state index contributed by atoms with van der Waals surface area (Å²) in [7, 11) is 0. The average molecular weight is 253 g/mol. The Morgan fingerprint density at radius 3 is 2.79 bits per heavy atom. The third kappa shape index (κ3) is 1.89. The lowest BCUT2D eigenvalue weighted by atomic mass is 10.0. The van der Waals surface area contributed by atoms with Crippen LogP contribution < -0.4 is 0 Å². The number of fused-ring (bicyclic) bond motifs is 1. The van der Waals surface area contributed by atoms with Gasteiger partial charge in [-0.1, -0.05) is 5.16 Å². The lowest BCUT2D eigenvalue weighted by Gasteiger charge is -2.04. The molecule has 0 aliphatic rings. The highest BCUT2D eigenvalue weighted by atomic mass is 16.5. The number of benzene rings is 1. The molecule has 0 radical (unpaired) electrons. The van der Waals surface area contributed by atoms with Crippen molar-refractivity contribution < 1.29 is 4.52 Å². The van der Waals surface area contributed by atoms with Crippen LogP contribution in [0.1, 0.15) is 11.4 Å². The van der Waals surface area contributed by atoms with E-state index in [1.54, 1.807) is 18.3 Å². The van der Waals surface area contributed by atoms with E-state index in [0.29, 0.717) is 11.3 Å². The van der Waals surface area contributed by atoms with E-state index in [-0.39, 0.29) is 0 Å². The summed E-state index contributed by atoms with van der Waals surface area (Å²) in [5.41, 5.74) is 4.27. The van der Waals surface area contributed by atoms with Gasteiger partial charge in [-0.05, 0) is 48.9 Å². The van der Waals surface area contributed by atoms with Crippen LogP contribution in [-0.4, -0.2) is 10.1 Å². The normalized spacial score (nSPS) is 10.8. The Bertz CT molecular complexity index is 777. The zero-order valence-electron chi connectivity index (χ0n) is 10.5. The molecular formula is C14H11N3O2. The molecule has 94 valence electrons. The Labute approximate surface area is 109 Å². The van der Waals surface area contributed by atoms with E-state index in [2.05, 4.69) is 15.3 Å². The summed E-state index contributed by atoms with van der Waals surface area (Å²) in [6, 6.07) is 7.24. The number of hydrogen-bond donors (Lipinski definition) is 0. The molecule has 0 amide bonds. The number of aromatic nitrogens is 2. The van der Waals surface area contributed by atoms with Crippen LogP contribution in [0, 0.1) is 18.8 Å². The zero-order chi connectivity index (χ0) is 13.4. The SMILES string of the molecule is Cc1cc(-c2cc3onc(C)c3cc2N=O)ccn1. The molecule has 0 saturated heterocycles. The fraction of sp³-hybridized carbons (Fsp3) is 0.143. The van der Waals surface area contributed by atoms with E-state index >= 15 is 0 Å². The van der Waals surface area contributed by atoms with Gasteiger partial charge in [0.25, 0.3) is 0 Å². The van der Waals surface area contributed by atoms with Crippen molar-refractivity contribution in [3.05, 3.63) is 46.8 Å². The van der Waals surface area contributed by atoms with Gasteiger partial charge in [0, 0.05) is 22.8 Å². The first-order valence-corrected chi connectivity index (χ1v) is 5.85. The molecule has 0 unspecified atom stereocenters. The monoisotopic (exact) mass is 253 g/mol. The number of nitroso groups, excluding NO2 is 1. The largest absolute Gasteiger partial charge is 0.356 e. The van der Waals surface area contributed by atoms with Gasteiger partial charge in [-0.3, -0.25) is 4.98 Å². The molecule has 19 heavy (non-hydrogen) atoms. The summed E-state index contributed by atoms with van der Waals surface area (Å²) in [5.74, 6) is 0. The summed E-state index contributed by atoms with van der Waals surface area (Å²) in [6.07, 6.45) is 1.70. The summed E-state index contributed by atoms with van der Waals surface area (Å²) < 4.78 is 5.23. The smallest absolute Gasteiger partial charge is 0.167 e. The van der Waals surface area contributed by atoms with Crippen LogP contribution in [0.25, 0.3) is 22.1 Å². The van der Waals surface area contributed by atoms with Crippen LogP contribution in [0.4, 0.5) is 5.69 Å². The van der Waals surface area contributed by atoms with E-state index in [4.69, 9.17) is 4.52 Å². The number of rotatable bonds is 2. The van der Waals surface area contributed by atoms with Crippen molar-refractivity contribution in [2.75, 3.05) is 0 Å². The minimum atomic E-state index is 0.379. The van der Waals surface area contributed by atoms with Crippen molar-refractivity contribution in [3.8, 4) is 11.1 Å². The number of nitrogens with zero attached hydrogens (tertiary/aromatic N) is 3. The fourth-order valence-electron chi connectivity index (χ4n) is 2.11. The molecule has 0 bridgehead atoms. The summed E-state index contributed by atoms with van der Waals surface area (Å²) in [4.78, 5) is 15.2. The molecule has 5 heteroatoms. The van der Waals surface area contributed by atoms with Gasteiger partial charge in [0.15, 0.2) is 5.58 Å². The zero-order valence-corrected chi connectivity index (χ0v) is 10.5. The Hall–Kier alpha value is -2.56. The van der Waals surface area contributed by atoms with Crippen LogP contribution >= 0.6 is 0 Å². The molecule has 0 atom stereocenters. The summed E-state index contributed by atoms with van der Waals surface area (Å²) in [6.45, 7) is 3.73. The molecule has 0 saturated carbocycles. The van der Waals surface area contributed by atoms with Crippen LogP contribution in [0.2, 0.25) is 0 Å². The second kappa shape index (κ2) is 4.28. The lowest BCUT2D eigenvalue weighted by molar-refractivity contribution is 0.450. The molecule has 1 aromatic carbocycles. The van der Waals surface area contributed by atoms with Crippen molar-refractivity contribution in [3.63, 3.8) is 0 Å². The predicted octanol–water partition coefficient (Wildman–Crippen LogP) is 3.90. The Kier molecular flexibility index (Phi) is 2.59. The first-order chi connectivity index (χ1) is 9.19. The van der Waals surface area contributed by atoms with Crippen molar-refractivity contribution in [2.24, 2.45) is 5.18 Å². The maximum atomic E-state index is 11.0. The van der Waals surface area contributed by atoms with Crippen molar-refractivity contribution in [2.45, 2.75) is 13.8 Å². The highest BCUT2D eigenvalue weighted by Gasteiger charge is 2.13. The fourth-order valence-corrected chi connectivity index (χ4v) is 2.11. The maximum absolute atomic E-state index is 11.0. The Morgan fingerprint density at radius 2 is 2.05 bits per heavy atom. The molecule has 3 aromatic rings. The van der Waals surface area contributed by atoms with Gasteiger partial charge in [-0.15, -0.1) is 4.91 Å². The standard InChI is InChI=1S/C14H11N3O2/c1-8-5-10(3-4-15-8)12-7-14-11(6-13(12)16-18)9(2)17-19-14/h3-7H,1-2H3. The maximum Gasteiger partial charge on any atom is 0.167 e. The molecule has 0 spiro atoms. The van der Waals surface area contributed by atoms with Crippen molar-refractivity contribution in [1.29, 1.82) is 0 Å². The molecule has 0 aliphatic carbocycles. The number of pyridine rings is 1. The topological polar surface area (TPSA) is 68.3 Å². The molecule has 3 rings (SSSR count). The van der Waals surface area contributed by atoms with E-state index in [9.17, 15) is 4.91 Å². The first kappa shape index (κ1) is 11.5. The van der Waals surface area contributed by atoms with Gasteiger partial charge in [0.05, 0.1) is 5.69 Å². The van der Waals surface area contributed by atoms with E-state index in [1.165, 1.54) is 0 Å². The summed E-state index contributed by atoms with van der Waals surface area (Å²) >= 11 is 0.